The van der Waals surface area contributed by atoms with Crippen LogP contribution in [0.5, 0.6) is 0 Å². The van der Waals surface area contributed by atoms with Crippen molar-refractivity contribution in [2.75, 3.05) is 0 Å². The van der Waals surface area contributed by atoms with E-state index < -0.39 is 5.69 Å². The van der Waals surface area contributed by atoms with Crippen LogP contribution in [0, 0.1) is 0 Å². The molecule has 5 heteroatoms. The second kappa shape index (κ2) is 3.07. The van der Waals surface area contributed by atoms with E-state index in [0.29, 0.717) is 11.4 Å². The number of fused-ring (bicyclic) bond motifs is 2. The summed E-state index contributed by atoms with van der Waals surface area (Å²) in [6.07, 6.45) is 0.916. The number of hydrogen-bond donors (Lipinski definition) is 1. The normalized spacial score (nSPS) is 13.6. The fraction of sp³-hybridized carbons (Fsp3) is 0.154. The summed E-state index contributed by atoms with van der Waals surface area (Å²) in [4.78, 5) is 29.3. The van der Waals surface area contributed by atoms with Gasteiger partial charge in [0.1, 0.15) is 0 Å². The van der Waals surface area contributed by atoms with Gasteiger partial charge in [-0.15, -0.1) is 0 Å². The van der Waals surface area contributed by atoms with Gasteiger partial charge in [-0.25, -0.2) is 4.79 Å². The lowest BCUT2D eigenvalue weighted by Crippen LogP contribution is -2.27. The quantitative estimate of drug-likeness (QED) is 0.588. The van der Waals surface area contributed by atoms with Crippen LogP contribution in [0.2, 0.25) is 0 Å². The number of nitrogens with one attached hydrogen (secondary N) is 1. The Bertz CT molecular complexity index is 876. The van der Waals surface area contributed by atoms with E-state index in [2.05, 4.69) is 16.0 Å². The van der Waals surface area contributed by atoms with Crippen LogP contribution in [0.1, 0.15) is 5.56 Å². The van der Waals surface area contributed by atoms with Crippen molar-refractivity contribution in [2.45, 2.75) is 13.0 Å². The van der Waals surface area contributed by atoms with Crippen LogP contribution in [0.4, 0.5) is 0 Å². The number of aromatic amines is 1. The Balaban J connectivity index is 2.34. The van der Waals surface area contributed by atoms with Crippen molar-refractivity contribution in [1.82, 2.24) is 14.5 Å². The van der Waals surface area contributed by atoms with Crippen molar-refractivity contribution < 1.29 is 0 Å². The van der Waals surface area contributed by atoms with Gasteiger partial charge in [0.25, 0.3) is 5.56 Å². The summed E-state index contributed by atoms with van der Waals surface area (Å²) in [5.41, 5.74) is 1.85. The van der Waals surface area contributed by atoms with Crippen LogP contribution >= 0.6 is 0 Å². The highest BCUT2D eigenvalue weighted by molar-refractivity contribution is 5.88. The first-order chi connectivity index (χ1) is 8.74. The Labute approximate surface area is 101 Å². The molecule has 1 aromatic rings. The Hall–Kier alpha value is -2.43. The SMILES string of the molecule is O=c1nc2n3c4c(cccc4cc-2c(=O)[nH]1)CC3. The average Bonchev–Trinajstić information content (AvgIpc) is 2.77. The van der Waals surface area contributed by atoms with E-state index in [0.717, 1.165) is 23.9 Å². The van der Waals surface area contributed by atoms with Gasteiger partial charge in [-0.2, -0.15) is 4.98 Å². The maximum atomic E-state index is 11.8. The lowest BCUT2D eigenvalue weighted by atomic mass is 10.1. The first kappa shape index (κ1) is 9.58. The summed E-state index contributed by atoms with van der Waals surface area (Å²) in [6, 6.07) is 7.84. The lowest BCUT2D eigenvalue weighted by molar-refractivity contribution is 0.750. The molecular weight excluding hydrogens is 230 g/mol. The van der Waals surface area contributed by atoms with E-state index in [1.165, 1.54) is 5.56 Å². The predicted molar refractivity (Wildman–Crippen MR) is 66.9 cm³/mol. The Morgan fingerprint density at radius 3 is 3.06 bits per heavy atom. The standard InChI is InChI=1S/C13H9N3O2/c17-12-9-6-8-3-1-2-7-4-5-16(10(7)8)11(9)14-13(18)15-12/h1-3,6H,4-5H2,(H,15,17,18). The Morgan fingerprint density at radius 2 is 2.17 bits per heavy atom. The molecule has 0 radical (unpaired) electrons. The summed E-state index contributed by atoms with van der Waals surface area (Å²) in [5.74, 6) is 0.487. The second-order valence-electron chi connectivity index (χ2n) is 4.51. The molecule has 0 unspecified atom stereocenters. The second-order valence-corrected chi connectivity index (χ2v) is 4.51. The van der Waals surface area contributed by atoms with Crippen molar-refractivity contribution in [1.29, 1.82) is 0 Å². The van der Waals surface area contributed by atoms with Gasteiger partial charge in [-0.3, -0.25) is 9.78 Å². The number of aromatic nitrogens is 3. The van der Waals surface area contributed by atoms with Crippen molar-refractivity contribution >= 4 is 10.9 Å². The molecule has 0 saturated heterocycles. The third kappa shape index (κ3) is 1.08. The molecule has 88 valence electrons. The molecule has 3 aliphatic heterocycles. The van der Waals surface area contributed by atoms with E-state index in [1.54, 1.807) is 6.07 Å². The third-order valence-corrected chi connectivity index (χ3v) is 3.49. The number of para-hydroxylation sites is 1. The van der Waals surface area contributed by atoms with Crippen LogP contribution in [0.3, 0.4) is 0 Å². The molecule has 18 heavy (non-hydrogen) atoms. The smallest absolute Gasteiger partial charge is 0.324 e. The monoisotopic (exact) mass is 239 g/mol. The lowest BCUT2D eigenvalue weighted by Gasteiger charge is -2.12. The number of benzene rings is 1. The molecule has 0 aromatic heterocycles. The van der Waals surface area contributed by atoms with Gasteiger partial charge >= 0.3 is 5.69 Å². The topological polar surface area (TPSA) is 67.8 Å². The van der Waals surface area contributed by atoms with Gasteiger partial charge in [0.05, 0.1) is 11.1 Å². The zero-order valence-corrected chi connectivity index (χ0v) is 9.43. The average molecular weight is 239 g/mol. The third-order valence-electron chi connectivity index (χ3n) is 3.49. The van der Waals surface area contributed by atoms with Crippen LogP contribution < -0.4 is 11.2 Å². The van der Waals surface area contributed by atoms with Crippen molar-refractivity contribution in [3.8, 4) is 11.4 Å². The zero-order valence-electron chi connectivity index (χ0n) is 9.43. The molecule has 0 saturated carbocycles. The number of pyridine rings is 1. The van der Waals surface area contributed by atoms with E-state index in [1.807, 2.05) is 16.7 Å². The number of H-pyrrole nitrogens is 1. The van der Waals surface area contributed by atoms with E-state index in [4.69, 9.17) is 0 Å². The molecule has 0 atom stereocenters. The number of nitrogens with zero attached hydrogens (tertiary/aromatic N) is 2. The first-order valence-electron chi connectivity index (χ1n) is 5.79. The van der Waals surface area contributed by atoms with Crippen LogP contribution in [0.25, 0.3) is 22.3 Å². The molecule has 1 N–H and O–H groups in total. The summed E-state index contributed by atoms with van der Waals surface area (Å²) in [5, 5.41) is 1.02. The van der Waals surface area contributed by atoms with Gasteiger partial charge in [-0.1, -0.05) is 18.2 Å². The Morgan fingerprint density at radius 1 is 1.28 bits per heavy atom. The first-order valence-corrected chi connectivity index (χ1v) is 5.79. The molecule has 0 fully saturated rings. The highest BCUT2D eigenvalue weighted by atomic mass is 16.2. The fourth-order valence-corrected chi connectivity index (χ4v) is 2.76. The molecule has 0 aliphatic carbocycles. The van der Waals surface area contributed by atoms with Gasteiger partial charge in [0, 0.05) is 6.54 Å². The van der Waals surface area contributed by atoms with Gasteiger partial charge in [-0.05, 0) is 23.4 Å². The minimum Gasteiger partial charge on any atom is -0.324 e. The molecule has 3 heterocycles. The van der Waals surface area contributed by atoms with Gasteiger partial charge in [0.2, 0.25) is 0 Å². The number of rotatable bonds is 0. The molecule has 0 bridgehead atoms. The molecule has 0 spiro atoms. The summed E-state index contributed by atoms with van der Waals surface area (Å²) in [6.45, 7) is 0.767. The van der Waals surface area contributed by atoms with E-state index >= 15 is 0 Å². The van der Waals surface area contributed by atoms with Crippen molar-refractivity contribution in [2.24, 2.45) is 0 Å². The maximum Gasteiger partial charge on any atom is 0.349 e. The highest BCUT2D eigenvalue weighted by Crippen LogP contribution is 2.30. The minimum atomic E-state index is -0.583. The summed E-state index contributed by atoms with van der Waals surface area (Å²) in [7, 11) is 0. The molecule has 4 rings (SSSR count). The van der Waals surface area contributed by atoms with Gasteiger partial charge < -0.3 is 4.57 Å². The minimum absolute atomic E-state index is 0.368. The summed E-state index contributed by atoms with van der Waals surface area (Å²) < 4.78 is 1.97. The fourth-order valence-electron chi connectivity index (χ4n) is 2.76. The van der Waals surface area contributed by atoms with Crippen molar-refractivity contribution in [3.05, 3.63) is 50.7 Å². The van der Waals surface area contributed by atoms with Crippen LogP contribution in [0.15, 0.2) is 33.9 Å². The van der Waals surface area contributed by atoms with Crippen LogP contribution in [-0.2, 0) is 13.0 Å². The number of hydrogen-bond acceptors (Lipinski definition) is 3. The highest BCUT2D eigenvalue weighted by Gasteiger charge is 2.21. The number of aryl methyl sites for hydroxylation is 2. The largest absolute Gasteiger partial charge is 0.349 e. The van der Waals surface area contributed by atoms with Gasteiger partial charge in [0.15, 0.2) is 5.82 Å². The van der Waals surface area contributed by atoms with Crippen LogP contribution in [-0.4, -0.2) is 14.5 Å². The molecule has 3 aliphatic rings. The zero-order chi connectivity index (χ0) is 12.3. The molecule has 1 aromatic carbocycles. The predicted octanol–water partition coefficient (Wildman–Crippen LogP) is 0.746. The molecule has 0 amide bonds. The Kier molecular flexibility index (Phi) is 1.63. The summed E-state index contributed by atoms with van der Waals surface area (Å²) >= 11 is 0. The molecule has 5 nitrogen and oxygen atoms in total. The van der Waals surface area contributed by atoms with E-state index in [-0.39, 0.29) is 5.56 Å². The van der Waals surface area contributed by atoms with Crippen molar-refractivity contribution in [3.63, 3.8) is 0 Å². The molecular formula is C13H9N3O2. The van der Waals surface area contributed by atoms with E-state index in [9.17, 15) is 9.59 Å². The maximum absolute atomic E-state index is 11.8.